The Hall–Kier alpha value is -2.03. The largest absolute Gasteiger partial charge is 0.445 e. The summed E-state index contributed by atoms with van der Waals surface area (Å²) in [5, 5.41) is 0.941. The van der Waals surface area contributed by atoms with Gasteiger partial charge in [0.2, 0.25) is 0 Å². The molecule has 4 aromatic rings. The van der Waals surface area contributed by atoms with E-state index in [1.807, 2.05) is 73.0 Å². The summed E-state index contributed by atoms with van der Waals surface area (Å²) >= 11 is 5.56. The smallest absolute Gasteiger partial charge is 0.195 e. The maximum atomic E-state index is 5.81. The van der Waals surface area contributed by atoms with E-state index in [-0.39, 0.29) is 0 Å². The fraction of sp³-hybridized carbons (Fsp3) is 0.333. The maximum Gasteiger partial charge on any atom is 0.195 e. The lowest BCUT2D eigenvalue weighted by atomic mass is 10.2. The van der Waals surface area contributed by atoms with Crippen molar-refractivity contribution in [1.29, 1.82) is 0 Å². The zero-order valence-corrected chi connectivity index (χ0v) is 21.1. The van der Waals surface area contributed by atoms with Gasteiger partial charge in [0.05, 0.1) is 22.5 Å². The van der Waals surface area contributed by atoms with Gasteiger partial charge in [-0.3, -0.25) is 4.98 Å². The van der Waals surface area contributed by atoms with E-state index in [2.05, 4.69) is 40.1 Å². The summed E-state index contributed by atoms with van der Waals surface area (Å²) < 4.78 is 5.81. The molecule has 1 aromatic carbocycles. The number of anilines is 1. The molecule has 0 aliphatic carbocycles. The van der Waals surface area contributed by atoms with Gasteiger partial charge < -0.3 is 14.3 Å². The second-order valence-corrected chi connectivity index (χ2v) is 10.8. The van der Waals surface area contributed by atoms with Crippen molar-refractivity contribution in [2.75, 3.05) is 30.5 Å². The molecule has 3 aromatic heterocycles. The Bertz CT molecular complexity index is 1120. The minimum atomic E-state index is 0.813. The standard InChI is InChI=1S/C24H28N4OS3/c1-17-21(16-32-24-26-19-7-4-5-8-20(19)27-24)25-12-11-22(17)31-14-6-13-30-15-18-9-10-23(29-18)28(2)3/h4-5,7-12H,6,13-16H2,1-3H3,(H,26,27). The number of H-pyrrole nitrogens is 1. The third-order valence-electron chi connectivity index (χ3n) is 5.00. The number of nitrogens with zero attached hydrogens (tertiary/aromatic N) is 3. The predicted octanol–water partition coefficient (Wildman–Crippen LogP) is 6.63. The molecule has 0 atom stereocenters. The molecule has 168 valence electrons. The van der Waals surface area contributed by atoms with E-state index in [0.29, 0.717) is 0 Å². The Morgan fingerprint density at radius 2 is 1.88 bits per heavy atom. The molecule has 0 fully saturated rings. The lowest BCUT2D eigenvalue weighted by molar-refractivity contribution is 0.530. The highest BCUT2D eigenvalue weighted by Crippen LogP contribution is 2.29. The molecule has 0 bridgehead atoms. The first-order chi connectivity index (χ1) is 15.6. The van der Waals surface area contributed by atoms with Gasteiger partial charge in [-0.15, -0.1) is 11.8 Å². The first kappa shape index (κ1) is 23.1. The molecule has 0 radical (unpaired) electrons. The van der Waals surface area contributed by atoms with Crippen molar-refractivity contribution in [3.05, 3.63) is 65.7 Å². The van der Waals surface area contributed by atoms with Gasteiger partial charge in [0.1, 0.15) is 5.76 Å². The molecule has 1 N–H and O–H groups in total. The van der Waals surface area contributed by atoms with Crippen LogP contribution in [0.15, 0.2) is 63.1 Å². The van der Waals surface area contributed by atoms with Gasteiger partial charge >= 0.3 is 0 Å². The maximum absolute atomic E-state index is 5.81. The number of thioether (sulfide) groups is 3. The molecule has 0 saturated heterocycles. The summed E-state index contributed by atoms with van der Waals surface area (Å²) in [6, 6.07) is 14.4. The average molecular weight is 485 g/mol. The van der Waals surface area contributed by atoms with Crippen LogP contribution in [0.5, 0.6) is 0 Å². The summed E-state index contributed by atoms with van der Waals surface area (Å²) in [6.07, 6.45) is 3.10. The van der Waals surface area contributed by atoms with E-state index in [1.165, 1.54) is 16.9 Å². The number of hydrogen-bond acceptors (Lipinski definition) is 7. The lowest BCUT2D eigenvalue weighted by Crippen LogP contribution is -2.06. The second-order valence-electron chi connectivity index (χ2n) is 7.62. The molecule has 0 amide bonds. The predicted molar refractivity (Wildman–Crippen MR) is 139 cm³/mol. The van der Waals surface area contributed by atoms with Gasteiger partial charge in [0, 0.05) is 37.0 Å². The third-order valence-corrected chi connectivity index (χ3v) is 8.19. The van der Waals surface area contributed by atoms with Crippen LogP contribution in [-0.4, -0.2) is 40.6 Å². The normalized spacial score (nSPS) is 11.3. The first-order valence-electron chi connectivity index (χ1n) is 10.6. The Balaban J connectivity index is 1.21. The van der Waals surface area contributed by atoms with Crippen LogP contribution in [0.1, 0.15) is 23.4 Å². The van der Waals surface area contributed by atoms with Gasteiger partial charge in [0.15, 0.2) is 11.0 Å². The van der Waals surface area contributed by atoms with Gasteiger partial charge in [0.25, 0.3) is 0 Å². The highest BCUT2D eigenvalue weighted by molar-refractivity contribution is 8.00. The molecule has 0 aliphatic heterocycles. The molecule has 0 saturated carbocycles. The number of furan rings is 1. The molecule has 0 aliphatic rings. The van der Waals surface area contributed by atoms with Gasteiger partial charge in [-0.25, -0.2) is 4.98 Å². The lowest BCUT2D eigenvalue weighted by Gasteiger charge is -2.09. The first-order valence-corrected chi connectivity index (χ1v) is 13.7. The van der Waals surface area contributed by atoms with Crippen LogP contribution in [0.2, 0.25) is 0 Å². The number of aromatic amines is 1. The van der Waals surface area contributed by atoms with Crippen molar-refractivity contribution in [3.63, 3.8) is 0 Å². The van der Waals surface area contributed by atoms with Crippen LogP contribution in [0.4, 0.5) is 5.88 Å². The minimum absolute atomic E-state index is 0.813. The number of rotatable bonds is 11. The molecule has 0 unspecified atom stereocenters. The van der Waals surface area contributed by atoms with Crippen molar-refractivity contribution in [2.45, 2.75) is 34.9 Å². The topological polar surface area (TPSA) is 58.0 Å². The summed E-state index contributed by atoms with van der Waals surface area (Å²) in [5.74, 6) is 5.93. The van der Waals surface area contributed by atoms with Crippen molar-refractivity contribution < 1.29 is 4.42 Å². The van der Waals surface area contributed by atoms with Crippen LogP contribution in [0.3, 0.4) is 0 Å². The number of fused-ring (bicyclic) bond motifs is 1. The molecule has 3 heterocycles. The molecular formula is C24H28N4OS3. The highest BCUT2D eigenvalue weighted by Gasteiger charge is 2.09. The molecule has 0 spiro atoms. The summed E-state index contributed by atoms with van der Waals surface area (Å²) in [6.45, 7) is 2.18. The van der Waals surface area contributed by atoms with E-state index in [4.69, 9.17) is 4.42 Å². The van der Waals surface area contributed by atoms with E-state index in [1.54, 1.807) is 11.8 Å². The minimum Gasteiger partial charge on any atom is -0.445 e. The van der Waals surface area contributed by atoms with Crippen LogP contribution in [-0.2, 0) is 11.5 Å². The van der Waals surface area contributed by atoms with E-state index < -0.39 is 0 Å². The second kappa shape index (κ2) is 11.2. The van der Waals surface area contributed by atoms with Crippen LogP contribution in [0, 0.1) is 6.92 Å². The molecule has 5 nitrogen and oxygen atoms in total. The Morgan fingerprint density at radius 1 is 1.00 bits per heavy atom. The number of para-hydroxylation sites is 2. The van der Waals surface area contributed by atoms with Crippen molar-refractivity contribution in [3.8, 4) is 0 Å². The van der Waals surface area contributed by atoms with Gasteiger partial charge in [-0.2, -0.15) is 11.8 Å². The SMILES string of the molecule is Cc1c(SCCCSCc2ccc(N(C)C)o2)ccnc1CSc1nc2ccccc2[nH]1. The quantitative estimate of drug-likeness (QED) is 0.189. The molecule has 4 rings (SSSR count). The number of benzene rings is 1. The zero-order valence-electron chi connectivity index (χ0n) is 18.6. The van der Waals surface area contributed by atoms with Gasteiger partial charge in [-0.05, 0) is 54.7 Å². The summed E-state index contributed by atoms with van der Waals surface area (Å²) in [4.78, 5) is 16.0. The van der Waals surface area contributed by atoms with Gasteiger partial charge in [-0.1, -0.05) is 23.9 Å². The number of nitrogens with one attached hydrogen (secondary N) is 1. The molecule has 32 heavy (non-hydrogen) atoms. The number of imidazole rings is 1. The van der Waals surface area contributed by atoms with Crippen molar-refractivity contribution in [2.24, 2.45) is 0 Å². The van der Waals surface area contributed by atoms with Crippen molar-refractivity contribution in [1.82, 2.24) is 15.0 Å². The molecule has 8 heteroatoms. The zero-order chi connectivity index (χ0) is 22.3. The van der Waals surface area contributed by atoms with Crippen LogP contribution >= 0.6 is 35.3 Å². The fourth-order valence-electron chi connectivity index (χ4n) is 3.20. The van der Waals surface area contributed by atoms with E-state index in [9.17, 15) is 0 Å². The third kappa shape index (κ3) is 6.05. The summed E-state index contributed by atoms with van der Waals surface area (Å²) in [7, 11) is 3.99. The number of aromatic nitrogens is 3. The number of hydrogen-bond donors (Lipinski definition) is 1. The van der Waals surface area contributed by atoms with E-state index >= 15 is 0 Å². The Labute approximate surface area is 202 Å². The monoisotopic (exact) mass is 484 g/mol. The van der Waals surface area contributed by atoms with E-state index in [0.717, 1.165) is 56.5 Å². The van der Waals surface area contributed by atoms with Crippen LogP contribution < -0.4 is 4.90 Å². The number of pyridine rings is 1. The Morgan fingerprint density at radius 3 is 2.69 bits per heavy atom. The Kier molecular flexibility index (Phi) is 8.10. The van der Waals surface area contributed by atoms with Crippen molar-refractivity contribution >= 4 is 52.2 Å². The average Bonchev–Trinajstić information content (AvgIpc) is 3.43. The highest BCUT2D eigenvalue weighted by atomic mass is 32.2. The molecular weight excluding hydrogens is 456 g/mol. The summed E-state index contributed by atoms with van der Waals surface area (Å²) in [5.41, 5.74) is 4.49. The fourth-order valence-corrected chi connectivity index (χ4v) is 6.14. The van der Waals surface area contributed by atoms with Crippen LogP contribution in [0.25, 0.3) is 11.0 Å².